The molecule has 2 aromatic carbocycles. The van der Waals surface area contributed by atoms with E-state index in [2.05, 4.69) is 5.32 Å². The van der Waals surface area contributed by atoms with Crippen molar-refractivity contribution in [1.82, 2.24) is 0 Å². The average molecular weight is 358 g/mol. The molecule has 1 N–H and O–H groups in total. The summed E-state index contributed by atoms with van der Waals surface area (Å²) in [6, 6.07) is 12.5. The van der Waals surface area contributed by atoms with Gasteiger partial charge in [0.25, 0.3) is 5.91 Å². The van der Waals surface area contributed by atoms with Crippen molar-refractivity contribution in [3.63, 3.8) is 0 Å². The lowest BCUT2D eigenvalue weighted by Gasteiger charge is -2.28. The third-order valence-electron chi connectivity index (χ3n) is 4.62. The van der Waals surface area contributed by atoms with E-state index in [1.807, 2.05) is 32.0 Å². The largest absolute Gasteiger partial charge is 0.322 e. The zero-order chi connectivity index (χ0) is 18.0. The summed E-state index contributed by atoms with van der Waals surface area (Å²) in [6.07, 6.45) is 1.56. The topological polar surface area (TPSA) is 66.5 Å². The van der Waals surface area contributed by atoms with Crippen LogP contribution in [0.25, 0.3) is 0 Å². The van der Waals surface area contributed by atoms with Crippen LogP contribution < -0.4 is 9.62 Å². The van der Waals surface area contributed by atoms with Crippen molar-refractivity contribution in [2.75, 3.05) is 21.9 Å². The van der Waals surface area contributed by atoms with E-state index in [0.29, 0.717) is 24.2 Å². The monoisotopic (exact) mass is 358 g/mol. The number of nitrogens with zero attached hydrogens (tertiary/aromatic N) is 1. The summed E-state index contributed by atoms with van der Waals surface area (Å²) in [5.74, 6) is -0.0243. The van der Waals surface area contributed by atoms with Gasteiger partial charge in [-0.25, -0.2) is 8.42 Å². The van der Waals surface area contributed by atoms with Crippen LogP contribution in [0.1, 0.15) is 34.3 Å². The number of carbonyl (C=O) groups is 1. The molecule has 132 valence electrons. The van der Waals surface area contributed by atoms with Crippen molar-refractivity contribution in [3.8, 4) is 0 Å². The number of anilines is 2. The van der Waals surface area contributed by atoms with Crippen molar-refractivity contribution in [2.24, 2.45) is 0 Å². The molecule has 1 saturated heterocycles. The standard InChI is InChI=1S/C19H22N2O3S/c1-14-6-5-7-18(15(14)2)20-19(22)16-8-10-17(11-9-16)21-12-3-4-13-25(21,23)24/h5-11H,3-4,12-13H2,1-2H3,(H,20,22). The predicted octanol–water partition coefficient (Wildman–Crippen LogP) is 3.49. The van der Waals surface area contributed by atoms with Crippen LogP contribution in [-0.2, 0) is 10.0 Å². The molecular weight excluding hydrogens is 336 g/mol. The lowest BCUT2D eigenvalue weighted by Crippen LogP contribution is -2.37. The van der Waals surface area contributed by atoms with Gasteiger partial charge in [-0.3, -0.25) is 9.10 Å². The first-order chi connectivity index (χ1) is 11.9. The highest BCUT2D eigenvalue weighted by Crippen LogP contribution is 2.24. The van der Waals surface area contributed by atoms with Crippen LogP contribution in [0.4, 0.5) is 11.4 Å². The molecule has 0 spiro atoms. The summed E-state index contributed by atoms with van der Waals surface area (Å²) in [6.45, 7) is 4.46. The van der Waals surface area contributed by atoms with Gasteiger partial charge in [-0.2, -0.15) is 0 Å². The SMILES string of the molecule is Cc1cccc(NC(=O)c2ccc(N3CCCCS3(=O)=O)cc2)c1C. The summed E-state index contributed by atoms with van der Waals surface area (Å²) >= 11 is 0. The van der Waals surface area contributed by atoms with Crippen LogP contribution in [0.5, 0.6) is 0 Å². The molecule has 0 atom stereocenters. The highest BCUT2D eigenvalue weighted by atomic mass is 32.2. The summed E-state index contributed by atoms with van der Waals surface area (Å²) in [4.78, 5) is 12.4. The van der Waals surface area contributed by atoms with E-state index in [4.69, 9.17) is 0 Å². The van der Waals surface area contributed by atoms with Crippen molar-refractivity contribution in [1.29, 1.82) is 0 Å². The molecular formula is C19H22N2O3S. The van der Waals surface area contributed by atoms with Gasteiger partial charge in [-0.05, 0) is 68.1 Å². The quantitative estimate of drug-likeness (QED) is 0.913. The Kier molecular flexibility index (Phi) is 4.81. The fraction of sp³-hybridized carbons (Fsp3) is 0.316. The molecule has 6 heteroatoms. The van der Waals surface area contributed by atoms with Gasteiger partial charge >= 0.3 is 0 Å². The lowest BCUT2D eigenvalue weighted by molar-refractivity contribution is 0.102. The van der Waals surface area contributed by atoms with Gasteiger partial charge in [0.15, 0.2) is 0 Å². The molecule has 0 radical (unpaired) electrons. The molecule has 5 nitrogen and oxygen atoms in total. The number of sulfonamides is 1. The van der Waals surface area contributed by atoms with E-state index in [1.54, 1.807) is 24.3 Å². The number of amides is 1. The van der Waals surface area contributed by atoms with Gasteiger partial charge in [-0.15, -0.1) is 0 Å². The minimum Gasteiger partial charge on any atom is -0.322 e. The van der Waals surface area contributed by atoms with Crippen LogP contribution in [0.2, 0.25) is 0 Å². The maximum atomic E-state index is 12.4. The van der Waals surface area contributed by atoms with Crippen molar-refractivity contribution in [2.45, 2.75) is 26.7 Å². The second-order valence-electron chi connectivity index (χ2n) is 6.34. The van der Waals surface area contributed by atoms with Crippen LogP contribution in [0.3, 0.4) is 0 Å². The van der Waals surface area contributed by atoms with Crippen molar-refractivity contribution >= 4 is 27.3 Å². The van der Waals surface area contributed by atoms with E-state index in [9.17, 15) is 13.2 Å². The Morgan fingerprint density at radius 3 is 2.44 bits per heavy atom. The number of aryl methyl sites for hydroxylation is 1. The molecule has 0 aliphatic carbocycles. The summed E-state index contributed by atoms with van der Waals surface area (Å²) in [5, 5.41) is 2.91. The van der Waals surface area contributed by atoms with Gasteiger partial charge in [0.2, 0.25) is 10.0 Å². The van der Waals surface area contributed by atoms with E-state index in [-0.39, 0.29) is 11.7 Å². The molecule has 3 rings (SSSR count). The second kappa shape index (κ2) is 6.88. The smallest absolute Gasteiger partial charge is 0.255 e. The Labute approximate surface area is 148 Å². The minimum atomic E-state index is -3.24. The van der Waals surface area contributed by atoms with E-state index in [1.165, 1.54) is 4.31 Å². The molecule has 0 aromatic heterocycles. The second-order valence-corrected chi connectivity index (χ2v) is 8.36. The molecule has 2 aromatic rings. The Morgan fingerprint density at radius 1 is 1.04 bits per heavy atom. The van der Waals surface area contributed by atoms with Crippen molar-refractivity contribution < 1.29 is 13.2 Å². The van der Waals surface area contributed by atoms with Gasteiger partial charge in [0, 0.05) is 17.8 Å². The average Bonchev–Trinajstić information content (AvgIpc) is 2.59. The Hall–Kier alpha value is -2.34. The number of carbonyl (C=O) groups excluding carboxylic acids is 1. The number of nitrogens with one attached hydrogen (secondary N) is 1. The zero-order valence-electron chi connectivity index (χ0n) is 14.5. The third-order valence-corrected chi connectivity index (χ3v) is 6.49. The molecule has 1 fully saturated rings. The summed E-state index contributed by atoms with van der Waals surface area (Å²) < 4.78 is 25.7. The molecule has 1 aliphatic heterocycles. The first-order valence-corrected chi connectivity index (χ1v) is 9.97. The van der Waals surface area contributed by atoms with Gasteiger partial charge < -0.3 is 5.32 Å². The molecule has 0 unspecified atom stereocenters. The number of hydrogen-bond acceptors (Lipinski definition) is 3. The fourth-order valence-corrected chi connectivity index (χ4v) is 4.58. The molecule has 1 heterocycles. The van der Waals surface area contributed by atoms with Gasteiger partial charge in [0.05, 0.1) is 11.4 Å². The third kappa shape index (κ3) is 3.69. The van der Waals surface area contributed by atoms with Crippen molar-refractivity contribution in [3.05, 3.63) is 59.2 Å². The number of hydrogen-bond donors (Lipinski definition) is 1. The lowest BCUT2D eigenvalue weighted by atomic mass is 10.1. The van der Waals surface area contributed by atoms with E-state index in [0.717, 1.165) is 23.2 Å². The van der Waals surface area contributed by atoms with E-state index >= 15 is 0 Å². The number of benzene rings is 2. The molecule has 25 heavy (non-hydrogen) atoms. The maximum Gasteiger partial charge on any atom is 0.255 e. The van der Waals surface area contributed by atoms with Crippen LogP contribution >= 0.6 is 0 Å². The Balaban J connectivity index is 1.78. The first-order valence-electron chi connectivity index (χ1n) is 8.36. The molecule has 0 bridgehead atoms. The highest BCUT2D eigenvalue weighted by Gasteiger charge is 2.26. The number of rotatable bonds is 3. The van der Waals surface area contributed by atoms with Gasteiger partial charge in [0.1, 0.15) is 0 Å². The Morgan fingerprint density at radius 2 is 1.76 bits per heavy atom. The maximum absolute atomic E-state index is 12.4. The van der Waals surface area contributed by atoms with Crippen LogP contribution in [-0.4, -0.2) is 26.6 Å². The first kappa shape index (κ1) is 17.5. The zero-order valence-corrected chi connectivity index (χ0v) is 15.3. The van der Waals surface area contributed by atoms with Gasteiger partial charge in [-0.1, -0.05) is 12.1 Å². The summed E-state index contributed by atoms with van der Waals surface area (Å²) in [5.41, 5.74) is 4.05. The highest BCUT2D eigenvalue weighted by molar-refractivity contribution is 7.92. The molecule has 1 aliphatic rings. The van der Waals surface area contributed by atoms with Crippen LogP contribution in [0, 0.1) is 13.8 Å². The van der Waals surface area contributed by atoms with Crippen LogP contribution in [0.15, 0.2) is 42.5 Å². The normalized spacial score (nSPS) is 16.5. The molecule has 1 amide bonds. The molecule has 0 saturated carbocycles. The Bertz CT molecular complexity index is 889. The summed E-state index contributed by atoms with van der Waals surface area (Å²) in [7, 11) is -3.24. The minimum absolute atomic E-state index is 0.182. The van der Waals surface area contributed by atoms with E-state index < -0.39 is 10.0 Å². The predicted molar refractivity (Wildman–Crippen MR) is 101 cm³/mol. The fourth-order valence-electron chi connectivity index (χ4n) is 2.94.